The van der Waals surface area contributed by atoms with Crippen LogP contribution in [0.1, 0.15) is 54.9 Å². The van der Waals surface area contributed by atoms with Crippen LogP contribution < -0.4 is 0 Å². The first-order valence-electron chi connectivity index (χ1n) is 22.0. The number of azide groups is 6. The van der Waals surface area contributed by atoms with E-state index in [4.69, 9.17) is 56.8 Å². The quantitative estimate of drug-likeness (QED) is 0.0487. The second-order valence-corrected chi connectivity index (χ2v) is 17.4. The van der Waals surface area contributed by atoms with Crippen molar-refractivity contribution in [2.45, 2.75) is 171 Å². The largest absolute Gasteiger partial charge is 0.459 e. The molecule has 0 bridgehead atoms. The Morgan fingerprint density at radius 1 is 0.427 bits per heavy atom. The van der Waals surface area contributed by atoms with Gasteiger partial charge in [-0.15, -0.1) is 0 Å². The molecule has 4 aliphatic rings. The monoisotopic (exact) mass is 1080 g/mol. The summed E-state index contributed by atoms with van der Waals surface area (Å²) in [6, 6.07) is -6.63. The number of ether oxygens (including phenoxy) is 12. The van der Waals surface area contributed by atoms with Gasteiger partial charge < -0.3 is 56.8 Å². The Morgan fingerprint density at radius 2 is 0.787 bits per heavy atom. The molecule has 0 aromatic carbocycles. The molecule has 3 aliphatic heterocycles. The van der Waals surface area contributed by atoms with Crippen molar-refractivity contribution in [2.75, 3.05) is 18.8 Å². The Balaban J connectivity index is 1.96. The summed E-state index contributed by atoms with van der Waals surface area (Å²) >= 11 is 0.665. The third kappa shape index (κ3) is 16.5. The minimum absolute atomic E-state index is 0.347. The van der Waals surface area contributed by atoms with E-state index in [1.807, 2.05) is 0 Å². The predicted octanol–water partition coefficient (Wildman–Crippen LogP) is 3.93. The van der Waals surface area contributed by atoms with Gasteiger partial charge in [-0.25, -0.2) is 0 Å². The molecule has 406 valence electrons. The zero-order valence-corrected chi connectivity index (χ0v) is 41.3. The molecule has 0 aromatic rings. The van der Waals surface area contributed by atoms with E-state index in [-0.39, 0.29) is 5.75 Å². The van der Waals surface area contributed by atoms with Gasteiger partial charge in [-0.1, -0.05) is 42.4 Å². The van der Waals surface area contributed by atoms with Gasteiger partial charge in [-0.3, -0.25) is 33.6 Å². The fraction of sp³-hybridized carbons (Fsp3) is 0.811. The maximum atomic E-state index is 13.1. The first-order chi connectivity index (χ1) is 35.7. The van der Waals surface area contributed by atoms with E-state index in [0.717, 1.165) is 41.5 Å². The molecule has 75 heavy (non-hydrogen) atoms. The number of carbonyl (C=O) groups excluding carboxylic acids is 7. The molecule has 37 nitrogen and oxygen atoms in total. The normalized spacial score (nSPS) is 33.7. The number of carbonyl (C=O) groups is 7. The lowest BCUT2D eigenvalue weighted by Gasteiger charge is -2.48. The highest BCUT2D eigenvalue weighted by molar-refractivity contribution is 8.13. The molecule has 0 N–H and O–H groups in total. The lowest BCUT2D eigenvalue weighted by Crippen LogP contribution is -2.65. The Bertz CT molecular complexity index is 2440. The van der Waals surface area contributed by atoms with E-state index in [1.165, 1.54) is 6.92 Å². The van der Waals surface area contributed by atoms with Crippen molar-refractivity contribution in [3.8, 4) is 0 Å². The minimum Gasteiger partial charge on any atom is -0.459 e. The van der Waals surface area contributed by atoms with Crippen LogP contribution in [0.25, 0.3) is 62.7 Å². The topological polar surface area (TPSA) is 523 Å². The molecule has 4 fully saturated rings. The number of hydrogen-bond acceptors (Lipinski definition) is 26. The highest BCUT2D eigenvalue weighted by Crippen LogP contribution is 2.41. The smallest absolute Gasteiger partial charge is 0.303 e. The Kier molecular flexibility index (Phi) is 23.0. The minimum atomic E-state index is -1.99. The van der Waals surface area contributed by atoms with E-state index < -0.39 is 177 Å². The molecule has 0 spiro atoms. The summed E-state index contributed by atoms with van der Waals surface area (Å²) in [6.45, 7) is 5.79. The van der Waals surface area contributed by atoms with Gasteiger partial charge in [0.25, 0.3) is 0 Å². The van der Waals surface area contributed by atoms with Crippen LogP contribution in [-0.4, -0.2) is 176 Å². The molecule has 1 aliphatic carbocycles. The van der Waals surface area contributed by atoms with Gasteiger partial charge in [0.1, 0.15) is 48.7 Å². The number of nitrogens with zero attached hydrogens (tertiary/aromatic N) is 18. The van der Waals surface area contributed by atoms with E-state index >= 15 is 0 Å². The number of thioether (sulfide) groups is 1. The number of rotatable bonds is 22. The van der Waals surface area contributed by atoms with Gasteiger partial charge in [0.2, 0.25) is 0 Å². The highest BCUT2D eigenvalue weighted by atomic mass is 32.2. The van der Waals surface area contributed by atoms with E-state index in [0.29, 0.717) is 11.8 Å². The van der Waals surface area contributed by atoms with Crippen LogP contribution in [0.5, 0.6) is 0 Å². The van der Waals surface area contributed by atoms with Crippen molar-refractivity contribution in [3.05, 3.63) is 62.7 Å². The summed E-state index contributed by atoms with van der Waals surface area (Å²) in [7, 11) is 0. The standard InChI is InChI=1S/C37H48N18O19S/c1-12(56)63-26-19(46-52-40)8-20(47-53-41)27(72-35-24(48-54-42)31(66-15(4)59)28(64-13(2)57)21(69-35)9-44-50-38)33(26)74-37-34(68-17(6)61)30(23(71-37)11-75-18(7)62)73-36-25(49-55-43)32(67-16(5)60)29(65-14(3)58)22(70-36)10-45-51-39/h19-37H,8-11H2,1-7H3/t19-,20?,21?,22+,23-,24?,25?,26?,27+,28+,29-,30+,31-,32?,33-,34?,35+,36-,37+/m1/s1. The molecule has 4 rings (SSSR count). The first kappa shape index (κ1) is 60.0. The molecular formula is C37H48N18O19S. The molecule has 3 saturated heterocycles. The molecule has 0 amide bonds. The second-order valence-electron chi connectivity index (χ2n) is 16.2. The third-order valence-electron chi connectivity index (χ3n) is 10.9. The molecule has 1 saturated carbocycles. The van der Waals surface area contributed by atoms with Gasteiger partial charge in [-0.2, -0.15) is 0 Å². The van der Waals surface area contributed by atoms with E-state index in [9.17, 15) is 66.7 Å². The summed E-state index contributed by atoms with van der Waals surface area (Å²) in [5, 5.41) is 21.5. The maximum absolute atomic E-state index is 13.1. The van der Waals surface area contributed by atoms with Gasteiger partial charge >= 0.3 is 35.8 Å². The van der Waals surface area contributed by atoms with E-state index in [2.05, 4.69) is 60.2 Å². The SMILES string of the molecule is CC(=O)OC1[C@H](O[C@@H]2C(OC(C)=O)[C@H](N=[N+]=[N-])CC(N=[N+]=[N-])[C@@H]2O[C@@H]2OC(CN=[N+]=[N-])[C@H](OC(C)=O)[C@H](OC(C)=O)C2N=[N+]=[N-])O[C@H](CSC(C)=O)[C@@H]1O[C@H]1O[C@@H](CN=[N+]=[N-])[C@@H](OC(C)=O)C(OC(C)=O)C1N=[N+]=[N-]. The predicted molar refractivity (Wildman–Crippen MR) is 241 cm³/mol. The van der Waals surface area contributed by atoms with Crippen molar-refractivity contribution in [1.82, 2.24) is 0 Å². The maximum Gasteiger partial charge on any atom is 0.303 e. The van der Waals surface area contributed by atoms with E-state index in [1.54, 1.807) is 0 Å². The van der Waals surface area contributed by atoms with Crippen LogP contribution in [0.2, 0.25) is 0 Å². The van der Waals surface area contributed by atoms with Crippen molar-refractivity contribution in [3.63, 3.8) is 0 Å². The van der Waals surface area contributed by atoms with Crippen LogP contribution >= 0.6 is 11.8 Å². The molecule has 7 unspecified atom stereocenters. The average molecular weight is 1080 g/mol. The van der Waals surface area contributed by atoms with Gasteiger partial charge in [-0.05, 0) is 39.6 Å². The molecule has 19 atom stereocenters. The van der Waals surface area contributed by atoms with Crippen LogP contribution in [-0.2, 0) is 90.4 Å². The summed E-state index contributed by atoms with van der Waals surface area (Å²) in [5.74, 6) is -6.26. The van der Waals surface area contributed by atoms with Crippen LogP contribution in [0, 0.1) is 0 Å². The molecular weight excluding hydrogens is 1030 g/mol. The zero-order chi connectivity index (χ0) is 55.5. The average Bonchev–Trinajstić information content (AvgIpc) is 3.63. The van der Waals surface area contributed by atoms with Crippen molar-refractivity contribution < 1.29 is 90.4 Å². The van der Waals surface area contributed by atoms with Crippen LogP contribution in [0.15, 0.2) is 30.7 Å². The summed E-state index contributed by atoms with van der Waals surface area (Å²) in [6.07, 6.45) is -26.7. The zero-order valence-electron chi connectivity index (χ0n) is 40.5. The third-order valence-corrected chi connectivity index (χ3v) is 11.8. The fourth-order valence-electron chi connectivity index (χ4n) is 8.46. The summed E-state index contributed by atoms with van der Waals surface area (Å²) < 4.78 is 71.1. The van der Waals surface area contributed by atoms with Gasteiger partial charge in [0.05, 0.1) is 31.3 Å². The number of hydrogen-bond donors (Lipinski definition) is 0. The van der Waals surface area contributed by atoms with Crippen molar-refractivity contribution in [2.24, 2.45) is 30.7 Å². The first-order valence-corrected chi connectivity index (χ1v) is 23.0. The summed E-state index contributed by atoms with van der Waals surface area (Å²) in [5.41, 5.74) is 57.5. The fourth-order valence-corrected chi connectivity index (χ4v) is 9.13. The lowest BCUT2D eigenvalue weighted by atomic mass is 9.83. The molecule has 0 aromatic heterocycles. The lowest BCUT2D eigenvalue weighted by molar-refractivity contribution is -0.309. The van der Waals surface area contributed by atoms with Crippen molar-refractivity contribution >= 4 is 52.7 Å². The second kappa shape index (κ2) is 28.8. The van der Waals surface area contributed by atoms with Crippen LogP contribution in [0.3, 0.4) is 0 Å². The Labute approximate surface area is 425 Å². The Morgan fingerprint density at radius 3 is 1.19 bits per heavy atom. The van der Waals surface area contributed by atoms with Crippen molar-refractivity contribution in [1.29, 1.82) is 0 Å². The molecule has 38 heteroatoms. The summed E-state index contributed by atoms with van der Waals surface area (Å²) in [4.78, 5) is 105. The highest BCUT2D eigenvalue weighted by Gasteiger charge is 2.59. The van der Waals surface area contributed by atoms with Gasteiger partial charge in [0.15, 0.2) is 54.5 Å². The van der Waals surface area contributed by atoms with Gasteiger partial charge in [0, 0.05) is 83.7 Å². The molecule has 3 heterocycles. The molecule has 0 radical (unpaired) electrons. The van der Waals surface area contributed by atoms with Crippen LogP contribution in [0.4, 0.5) is 0 Å². The Hall–Kier alpha value is -7.54. The number of esters is 6.